The van der Waals surface area contributed by atoms with E-state index in [0.717, 1.165) is 45.4 Å². The van der Waals surface area contributed by atoms with Crippen molar-refractivity contribution in [3.8, 4) is 33.8 Å². The number of Topliss-reactive ketones (excluding diaryl/α,β-unsaturated/α-hetero) is 1. The molecule has 2 aromatic heterocycles. The second kappa shape index (κ2) is 13.2. The number of fused-ring (bicyclic) bond motifs is 2. The Balaban J connectivity index is 0.000000176. The summed E-state index contributed by atoms with van der Waals surface area (Å²) in [4.78, 5) is 27.6. The summed E-state index contributed by atoms with van der Waals surface area (Å²) < 4.78 is 94.6. The van der Waals surface area contributed by atoms with Crippen molar-refractivity contribution in [1.82, 2.24) is 19.9 Å². The monoisotopic (exact) mass is 714 g/mol. The van der Waals surface area contributed by atoms with Crippen LogP contribution in [0.4, 0.5) is 26.3 Å². The quantitative estimate of drug-likeness (QED) is 0.134. The standard InChI is InChI=1S/C19H19F3N2O2.C18H17F3N2O2/c1-17(2,9-18(10-26-18)19(20,21)22)15-6-13(14-7-23-11-24-8-14)5-12-3-4-25-16(12)15;1-17(2,7-15(24)18(19,20)21)14-6-12(13-8-22-10-23-9-13)5-11-3-4-25-16(11)14/h5-8,11H,3-4,9-10H2,1-2H3;5-6,8-10H,3-4,7H2,1-2H3. The van der Waals surface area contributed by atoms with Crippen molar-refractivity contribution in [2.75, 3.05) is 19.8 Å². The molecule has 8 nitrogen and oxygen atoms in total. The number of ketones is 1. The first-order chi connectivity index (χ1) is 23.9. The van der Waals surface area contributed by atoms with Crippen LogP contribution < -0.4 is 9.47 Å². The molecule has 14 heteroatoms. The van der Waals surface area contributed by atoms with Crippen molar-refractivity contribution < 1.29 is 45.3 Å². The van der Waals surface area contributed by atoms with Crippen molar-refractivity contribution >= 4 is 5.78 Å². The number of ether oxygens (including phenoxy) is 3. The van der Waals surface area contributed by atoms with Gasteiger partial charge in [0, 0.05) is 71.7 Å². The molecule has 7 rings (SSSR count). The lowest BCUT2D eigenvalue weighted by molar-refractivity contribution is -0.188. The molecular formula is C37H36F6N4O4. The SMILES string of the molecule is CC(C)(CC(=O)C(F)(F)F)c1cc(-c2cncnc2)cc2c1OCC2.CC(C)(CC1(C(F)(F)F)CO1)c1cc(-c2cncnc2)cc2c1OCC2. The number of rotatable bonds is 8. The minimum atomic E-state index is -4.84. The molecule has 3 aliphatic rings. The lowest BCUT2D eigenvalue weighted by atomic mass is 9.75. The molecule has 0 saturated carbocycles. The Bertz CT molecular complexity index is 1910. The van der Waals surface area contributed by atoms with Gasteiger partial charge in [0.1, 0.15) is 24.2 Å². The van der Waals surface area contributed by atoms with E-state index in [1.807, 2.05) is 32.0 Å². The summed E-state index contributed by atoms with van der Waals surface area (Å²) >= 11 is 0. The van der Waals surface area contributed by atoms with Crippen LogP contribution in [0, 0.1) is 0 Å². The molecule has 3 aliphatic heterocycles. The van der Waals surface area contributed by atoms with Gasteiger partial charge in [-0.05, 0) is 58.4 Å². The zero-order valence-corrected chi connectivity index (χ0v) is 28.4. The predicted octanol–water partition coefficient (Wildman–Crippen LogP) is 7.96. The minimum absolute atomic E-state index is 0.145. The first kappa shape index (κ1) is 36.2. The van der Waals surface area contributed by atoms with E-state index in [-0.39, 0.29) is 13.0 Å². The largest absolute Gasteiger partial charge is 0.493 e. The molecule has 0 N–H and O–H groups in total. The number of carbonyl (C=O) groups is 1. The average molecular weight is 715 g/mol. The molecule has 2 aromatic carbocycles. The van der Waals surface area contributed by atoms with Crippen LogP contribution in [0.2, 0.25) is 0 Å². The summed E-state index contributed by atoms with van der Waals surface area (Å²) in [6, 6.07) is 7.61. The van der Waals surface area contributed by atoms with Crippen LogP contribution in [0.5, 0.6) is 11.5 Å². The van der Waals surface area contributed by atoms with Crippen LogP contribution in [-0.4, -0.2) is 63.5 Å². The van der Waals surface area contributed by atoms with Gasteiger partial charge in [-0.25, -0.2) is 19.9 Å². The highest BCUT2D eigenvalue weighted by molar-refractivity contribution is 5.85. The molecular weight excluding hydrogens is 678 g/mol. The number of nitrogens with zero attached hydrogens (tertiary/aromatic N) is 4. The topological polar surface area (TPSA) is 99.6 Å². The average Bonchev–Trinajstić information content (AvgIpc) is 3.47. The van der Waals surface area contributed by atoms with Crippen molar-refractivity contribution in [3.05, 3.63) is 84.0 Å². The lowest BCUT2D eigenvalue weighted by Gasteiger charge is -2.31. The molecule has 270 valence electrons. The summed E-state index contributed by atoms with van der Waals surface area (Å²) in [6.45, 7) is 7.59. The van der Waals surface area contributed by atoms with Gasteiger partial charge < -0.3 is 14.2 Å². The minimum Gasteiger partial charge on any atom is -0.493 e. The Kier molecular flexibility index (Phi) is 9.36. The maximum Gasteiger partial charge on any atom is 0.450 e. The molecule has 4 aromatic rings. The van der Waals surface area contributed by atoms with E-state index in [1.165, 1.54) is 12.7 Å². The van der Waals surface area contributed by atoms with E-state index in [1.54, 1.807) is 44.7 Å². The zero-order valence-electron chi connectivity index (χ0n) is 28.4. The summed E-state index contributed by atoms with van der Waals surface area (Å²) in [5.41, 5.74) is 2.72. The van der Waals surface area contributed by atoms with Gasteiger partial charge in [0.25, 0.3) is 0 Å². The Morgan fingerprint density at radius 1 is 0.686 bits per heavy atom. The highest BCUT2D eigenvalue weighted by Gasteiger charge is 2.67. The normalized spacial score (nSPS) is 18.2. The molecule has 0 radical (unpaired) electrons. The van der Waals surface area contributed by atoms with Crippen LogP contribution >= 0.6 is 0 Å². The molecule has 0 aliphatic carbocycles. The Labute approximate surface area is 290 Å². The van der Waals surface area contributed by atoms with Crippen molar-refractivity contribution in [2.24, 2.45) is 0 Å². The number of aromatic nitrogens is 4. The first-order valence-electron chi connectivity index (χ1n) is 16.3. The number of alkyl halides is 6. The fourth-order valence-electron chi connectivity index (χ4n) is 6.71. The smallest absolute Gasteiger partial charge is 0.450 e. The van der Waals surface area contributed by atoms with Gasteiger partial charge in [-0.1, -0.05) is 27.7 Å². The van der Waals surface area contributed by atoms with Crippen LogP contribution in [0.3, 0.4) is 0 Å². The fraction of sp³-hybridized carbons (Fsp3) is 0.432. The molecule has 0 bridgehead atoms. The van der Waals surface area contributed by atoms with E-state index < -0.39 is 41.0 Å². The molecule has 1 unspecified atom stereocenters. The number of halogens is 6. The van der Waals surface area contributed by atoms with Gasteiger partial charge in [-0.2, -0.15) is 26.3 Å². The molecule has 0 spiro atoms. The van der Waals surface area contributed by atoms with Gasteiger partial charge >= 0.3 is 12.4 Å². The molecule has 1 atom stereocenters. The van der Waals surface area contributed by atoms with Crippen LogP contribution in [-0.2, 0) is 33.2 Å². The maximum atomic E-state index is 13.4. The van der Waals surface area contributed by atoms with E-state index in [0.29, 0.717) is 36.7 Å². The second-order valence-electron chi connectivity index (χ2n) is 14.3. The van der Waals surface area contributed by atoms with E-state index >= 15 is 0 Å². The molecule has 0 amide bonds. The summed E-state index contributed by atoms with van der Waals surface area (Å²) in [6.07, 6.45) is 0.943. The third-order valence-corrected chi connectivity index (χ3v) is 9.47. The Hall–Kier alpha value is -4.59. The molecule has 51 heavy (non-hydrogen) atoms. The van der Waals surface area contributed by atoms with Crippen LogP contribution in [0.1, 0.15) is 62.8 Å². The summed E-state index contributed by atoms with van der Waals surface area (Å²) in [5.74, 6) is -0.452. The predicted molar refractivity (Wildman–Crippen MR) is 174 cm³/mol. The molecule has 1 saturated heterocycles. The van der Waals surface area contributed by atoms with Gasteiger partial charge in [0.05, 0.1) is 19.8 Å². The maximum absolute atomic E-state index is 13.4. The van der Waals surface area contributed by atoms with E-state index in [4.69, 9.17) is 14.2 Å². The third-order valence-electron chi connectivity index (χ3n) is 9.47. The zero-order chi connectivity index (χ0) is 36.8. The summed E-state index contributed by atoms with van der Waals surface area (Å²) in [7, 11) is 0. The lowest BCUT2D eigenvalue weighted by Crippen LogP contribution is -2.39. The first-order valence-corrected chi connectivity index (χ1v) is 16.3. The fourth-order valence-corrected chi connectivity index (χ4v) is 6.71. The number of carbonyl (C=O) groups excluding carboxylic acids is 1. The van der Waals surface area contributed by atoms with Gasteiger partial charge in [0.15, 0.2) is 5.60 Å². The van der Waals surface area contributed by atoms with Crippen molar-refractivity contribution in [3.63, 3.8) is 0 Å². The van der Waals surface area contributed by atoms with Crippen LogP contribution in [0.25, 0.3) is 22.3 Å². The Morgan fingerprint density at radius 3 is 1.51 bits per heavy atom. The highest BCUT2D eigenvalue weighted by atomic mass is 19.4. The number of hydrogen-bond acceptors (Lipinski definition) is 8. The second-order valence-corrected chi connectivity index (χ2v) is 14.3. The van der Waals surface area contributed by atoms with E-state index in [2.05, 4.69) is 19.9 Å². The summed E-state index contributed by atoms with van der Waals surface area (Å²) in [5, 5.41) is 0. The van der Waals surface area contributed by atoms with E-state index in [9.17, 15) is 31.1 Å². The molecule has 1 fully saturated rings. The number of benzene rings is 2. The highest BCUT2D eigenvalue weighted by Crippen LogP contribution is 2.53. The number of epoxide rings is 1. The Morgan fingerprint density at radius 2 is 1.12 bits per heavy atom. The number of hydrogen-bond donors (Lipinski definition) is 0. The molecule has 5 heterocycles. The third kappa shape index (κ3) is 7.56. The van der Waals surface area contributed by atoms with Gasteiger partial charge in [-0.15, -0.1) is 0 Å². The van der Waals surface area contributed by atoms with Gasteiger partial charge in [0.2, 0.25) is 5.78 Å². The van der Waals surface area contributed by atoms with Crippen molar-refractivity contribution in [1.29, 1.82) is 0 Å². The van der Waals surface area contributed by atoms with Crippen molar-refractivity contribution in [2.45, 2.75) is 82.2 Å². The van der Waals surface area contributed by atoms with Gasteiger partial charge in [-0.3, -0.25) is 4.79 Å². The van der Waals surface area contributed by atoms with Crippen LogP contribution in [0.15, 0.2) is 61.7 Å².